The van der Waals surface area contributed by atoms with Crippen LogP contribution in [0.2, 0.25) is 0 Å². The topological polar surface area (TPSA) is 21.3 Å². The van der Waals surface area contributed by atoms with Gasteiger partial charge in [-0.05, 0) is 69.9 Å². The molecule has 1 N–H and O–H groups in total. The molecule has 0 radical (unpaired) electrons. The van der Waals surface area contributed by atoms with Crippen LogP contribution in [-0.4, -0.2) is 6.61 Å². The van der Waals surface area contributed by atoms with Crippen LogP contribution in [0, 0.1) is 5.92 Å². The van der Waals surface area contributed by atoms with E-state index >= 15 is 0 Å². The summed E-state index contributed by atoms with van der Waals surface area (Å²) in [5.74, 6) is 0.507. The third kappa shape index (κ3) is 9.02. The minimum absolute atomic E-state index is 0.507. The molecule has 134 valence electrons. The van der Waals surface area contributed by atoms with Gasteiger partial charge in [0.15, 0.2) is 0 Å². The number of halogens is 1. The van der Waals surface area contributed by atoms with E-state index in [2.05, 4.69) is 37.5 Å². The third-order valence-electron chi connectivity index (χ3n) is 4.15. The molecule has 1 rings (SSSR count). The van der Waals surface area contributed by atoms with Crippen LogP contribution in [0.15, 0.2) is 59.1 Å². The lowest BCUT2D eigenvalue weighted by atomic mass is 9.97. The lowest BCUT2D eigenvalue weighted by molar-refractivity contribution is 0.203. The van der Waals surface area contributed by atoms with Crippen molar-refractivity contribution in [3.8, 4) is 0 Å². The summed E-state index contributed by atoms with van der Waals surface area (Å²) in [6, 6.07) is 0. The molecule has 0 aromatic heterocycles. The Bertz CT molecular complexity index is 496. The lowest BCUT2D eigenvalue weighted by Gasteiger charge is -2.18. The smallest absolute Gasteiger partial charge is 0.0939 e. The van der Waals surface area contributed by atoms with Gasteiger partial charge in [-0.1, -0.05) is 43.2 Å². The summed E-state index contributed by atoms with van der Waals surface area (Å²) in [6.45, 7) is 7.02. The predicted octanol–water partition coefficient (Wildman–Crippen LogP) is 6.58. The molecule has 0 aromatic rings. The lowest BCUT2D eigenvalue weighted by Crippen LogP contribution is -2.14. The summed E-state index contributed by atoms with van der Waals surface area (Å²) in [6.07, 6.45) is 20.8. The number of hydrogen-bond acceptors (Lipinski definition) is 2. The molecule has 0 fully saturated rings. The van der Waals surface area contributed by atoms with E-state index in [4.69, 9.17) is 16.3 Å². The van der Waals surface area contributed by atoms with E-state index in [1.54, 1.807) is 0 Å². The number of nitrogens with one attached hydrogen (secondary N) is 1. The van der Waals surface area contributed by atoms with Crippen LogP contribution in [0.3, 0.4) is 0 Å². The molecule has 1 atom stereocenters. The third-order valence-corrected chi connectivity index (χ3v) is 4.28. The summed E-state index contributed by atoms with van der Waals surface area (Å²) in [4.78, 5) is 0. The largest absolute Gasteiger partial charge is 0.501 e. The van der Waals surface area contributed by atoms with Gasteiger partial charge in [0.25, 0.3) is 0 Å². The van der Waals surface area contributed by atoms with E-state index in [0.717, 1.165) is 30.9 Å². The van der Waals surface area contributed by atoms with Crippen LogP contribution in [0.5, 0.6) is 0 Å². The van der Waals surface area contributed by atoms with Crippen molar-refractivity contribution in [2.24, 2.45) is 5.92 Å². The van der Waals surface area contributed by atoms with Crippen LogP contribution in [0.25, 0.3) is 0 Å². The highest BCUT2D eigenvalue weighted by atomic mass is 35.5. The van der Waals surface area contributed by atoms with Gasteiger partial charge in [0.2, 0.25) is 0 Å². The molecule has 1 aliphatic rings. The van der Waals surface area contributed by atoms with Gasteiger partial charge < -0.3 is 10.1 Å². The minimum Gasteiger partial charge on any atom is -0.501 e. The van der Waals surface area contributed by atoms with E-state index in [1.807, 2.05) is 31.4 Å². The monoisotopic (exact) mass is 349 g/mol. The van der Waals surface area contributed by atoms with Gasteiger partial charge in [0.1, 0.15) is 0 Å². The van der Waals surface area contributed by atoms with Crippen molar-refractivity contribution in [2.75, 3.05) is 6.61 Å². The summed E-state index contributed by atoms with van der Waals surface area (Å²) in [5.41, 5.74) is 2.82. The molecular weight excluding hydrogens is 318 g/mol. The standard InChI is InChI=1S/C21H32ClNO/c1-4-5-15-23-21-14-10-9-13-20(19(21)3)17-24-16-11-7-6-8-12-18(2)22/h5-6,8,11-12,15-16,20,23H,4,7,9-10,13-14,17H2,1-3H3/b8-6?,15-5+,16-11+,18-12+. The first-order valence-electron chi connectivity index (χ1n) is 9.01. The molecule has 0 aromatic carbocycles. The quantitative estimate of drug-likeness (QED) is 0.374. The Balaban J connectivity index is 2.44. The van der Waals surface area contributed by atoms with Gasteiger partial charge in [-0.2, -0.15) is 0 Å². The summed E-state index contributed by atoms with van der Waals surface area (Å²) >= 11 is 5.76. The fourth-order valence-electron chi connectivity index (χ4n) is 2.68. The predicted molar refractivity (Wildman–Crippen MR) is 106 cm³/mol. The van der Waals surface area contributed by atoms with Crippen molar-refractivity contribution in [2.45, 2.75) is 59.3 Å². The van der Waals surface area contributed by atoms with Crippen LogP contribution in [0.1, 0.15) is 59.3 Å². The van der Waals surface area contributed by atoms with Gasteiger partial charge >= 0.3 is 0 Å². The molecular formula is C21H32ClNO. The Labute approximate surface area is 153 Å². The average Bonchev–Trinajstić information content (AvgIpc) is 2.72. The second-order valence-electron chi connectivity index (χ2n) is 6.18. The van der Waals surface area contributed by atoms with Gasteiger partial charge in [-0.15, -0.1) is 0 Å². The summed E-state index contributed by atoms with van der Waals surface area (Å²) in [7, 11) is 0. The molecule has 1 unspecified atom stereocenters. The van der Waals surface area contributed by atoms with Crippen LogP contribution < -0.4 is 5.32 Å². The van der Waals surface area contributed by atoms with Crippen molar-refractivity contribution in [3.63, 3.8) is 0 Å². The summed E-state index contributed by atoms with van der Waals surface area (Å²) < 4.78 is 5.76. The second-order valence-corrected chi connectivity index (χ2v) is 6.78. The highest BCUT2D eigenvalue weighted by Crippen LogP contribution is 2.27. The molecule has 0 spiro atoms. The fourth-order valence-corrected chi connectivity index (χ4v) is 2.75. The van der Waals surface area contributed by atoms with Gasteiger partial charge in [0.05, 0.1) is 12.9 Å². The van der Waals surface area contributed by atoms with E-state index in [0.29, 0.717) is 5.92 Å². The van der Waals surface area contributed by atoms with Gasteiger partial charge in [0, 0.05) is 16.6 Å². The second kappa shape index (κ2) is 12.9. The van der Waals surface area contributed by atoms with Crippen LogP contribution >= 0.6 is 11.6 Å². The highest BCUT2D eigenvalue weighted by molar-refractivity contribution is 6.29. The molecule has 0 heterocycles. The normalized spacial score (nSPS) is 20.3. The fraction of sp³-hybridized carbons (Fsp3) is 0.524. The maximum Gasteiger partial charge on any atom is 0.0939 e. The van der Waals surface area contributed by atoms with Crippen molar-refractivity contribution >= 4 is 11.6 Å². The van der Waals surface area contributed by atoms with E-state index in [1.165, 1.54) is 30.5 Å². The molecule has 0 bridgehead atoms. The number of rotatable bonds is 9. The molecule has 24 heavy (non-hydrogen) atoms. The first-order chi connectivity index (χ1) is 11.6. The average molecular weight is 350 g/mol. The number of ether oxygens (including phenoxy) is 1. The molecule has 0 aliphatic heterocycles. The zero-order valence-electron chi connectivity index (χ0n) is 15.4. The van der Waals surface area contributed by atoms with Crippen molar-refractivity contribution < 1.29 is 4.74 Å². The molecule has 3 heteroatoms. The van der Waals surface area contributed by atoms with Crippen molar-refractivity contribution in [1.82, 2.24) is 5.32 Å². The Morgan fingerprint density at radius 3 is 2.88 bits per heavy atom. The SMILES string of the molecule is CC/C=C/NC1=C(C)C(CO/C=C/CC=C/C=C(\C)Cl)CCCC1. The van der Waals surface area contributed by atoms with Crippen LogP contribution in [-0.2, 0) is 4.74 Å². The maximum absolute atomic E-state index is 5.76. The first-order valence-corrected chi connectivity index (χ1v) is 9.39. The number of allylic oxidation sites excluding steroid dienone is 7. The van der Waals surface area contributed by atoms with Crippen molar-refractivity contribution in [1.29, 1.82) is 0 Å². The molecule has 0 saturated heterocycles. The number of hydrogen-bond donors (Lipinski definition) is 1. The van der Waals surface area contributed by atoms with E-state index in [9.17, 15) is 0 Å². The molecule has 1 aliphatic carbocycles. The van der Waals surface area contributed by atoms with E-state index < -0.39 is 0 Å². The molecule has 0 saturated carbocycles. The Morgan fingerprint density at radius 1 is 1.29 bits per heavy atom. The van der Waals surface area contributed by atoms with Gasteiger partial charge in [-0.3, -0.25) is 0 Å². The molecule has 2 nitrogen and oxygen atoms in total. The van der Waals surface area contributed by atoms with Gasteiger partial charge in [-0.25, -0.2) is 0 Å². The molecule has 0 amide bonds. The highest BCUT2D eigenvalue weighted by Gasteiger charge is 2.18. The minimum atomic E-state index is 0.507. The Morgan fingerprint density at radius 2 is 2.12 bits per heavy atom. The van der Waals surface area contributed by atoms with Crippen LogP contribution in [0.4, 0.5) is 0 Å². The summed E-state index contributed by atoms with van der Waals surface area (Å²) in [5, 5.41) is 4.27. The zero-order valence-corrected chi connectivity index (χ0v) is 16.1. The Hall–Kier alpha value is -1.41. The Kier molecular flexibility index (Phi) is 11.1. The first kappa shape index (κ1) is 20.6. The zero-order chi connectivity index (χ0) is 17.6. The van der Waals surface area contributed by atoms with Crippen molar-refractivity contribution in [3.05, 3.63) is 59.1 Å². The van der Waals surface area contributed by atoms with E-state index in [-0.39, 0.29) is 0 Å². The maximum atomic E-state index is 5.76.